The maximum atomic E-state index is 12.8. The largest absolute Gasteiger partial charge is 0.508 e. The first-order valence-corrected chi connectivity index (χ1v) is 6.78. The molecule has 5 nitrogen and oxygen atoms in total. The summed E-state index contributed by atoms with van der Waals surface area (Å²) < 4.78 is 0. The number of carbonyl (C=O) groups excluding carboxylic acids is 1. The van der Waals surface area contributed by atoms with Gasteiger partial charge in [-0.2, -0.15) is 0 Å². The average molecular weight is 292 g/mol. The lowest BCUT2D eigenvalue weighted by atomic mass is 10.0. The van der Waals surface area contributed by atoms with Gasteiger partial charge in [-0.1, -0.05) is 0 Å². The zero-order valence-corrected chi connectivity index (χ0v) is 11.4. The summed E-state index contributed by atoms with van der Waals surface area (Å²) in [6, 6.07) is 9.70. The molecule has 5 heteroatoms. The minimum absolute atomic E-state index is 0.109. The zero-order valence-electron chi connectivity index (χ0n) is 11.4. The van der Waals surface area contributed by atoms with Gasteiger partial charge in [0.1, 0.15) is 11.5 Å². The van der Waals surface area contributed by atoms with Crippen LogP contribution in [0.2, 0.25) is 0 Å². The first kappa shape index (κ1) is 12.5. The normalized spacial score (nSPS) is 11.3. The second-order valence-corrected chi connectivity index (χ2v) is 5.19. The van der Waals surface area contributed by atoms with Crippen LogP contribution in [0.25, 0.3) is 21.8 Å². The number of benzene rings is 2. The molecule has 0 saturated heterocycles. The summed E-state index contributed by atoms with van der Waals surface area (Å²) in [6.45, 7) is 0. The van der Waals surface area contributed by atoms with E-state index in [9.17, 15) is 15.0 Å². The average Bonchev–Trinajstić information content (AvgIpc) is 3.09. The number of H-pyrrole nitrogens is 2. The Labute approximate surface area is 124 Å². The molecule has 2 aromatic carbocycles. The number of aromatic nitrogens is 2. The van der Waals surface area contributed by atoms with Gasteiger partial charge in [0.15, 0.2) is 5.78 Å². The first-order valence-electron chi connectivity index (χ1n) is 6.78. The molecule has 0 spiro atoms. The van der Waals surface area contributed by atoms with E-state index < -0.39 is 0 Å². The molecule has 4 aromatic rings. The molecule has 0 radical (unpaired) electrons. The molecule has 2 heterocycles. The van der Waals surface area contributed by atoms with Crippen molar-refractivity contribution in [1.82, 2.24) is 9.97 Å². The smallest absolute Gasteiger partial charge is 0.197 e. The number of phenolic OH excluding ortho intramolecular Hbond substituents is 2. The third kappa shape index (κ3) is 1.76. The van der Waals surface area contributed by atoms with Crippen LogP contribution in [-0.4, -0.2) is 26.0 Å². The van der Waals surface area contributed by atoms with E-state index in [4.69, 9.17) is 0 Å². The maximum Gasteiger partial charge on any atom is 0.197 e. The van der Waals surface area contributed by atoms with Crippen molar-refractivity contribution in [3.63, 3.8) is 0 Å². The van der Waals surface area contributed by atoms with Crippen LogP contribution in [0, 0.1) is 0 Å². The van der Waals surface area contributed by atoms with Crippen molar-refractivity contribution >= 4 is 27.6 Å². The molecular formula is C17H12N2O3. The Bertz CT molecular complexity index is 945. The number of aromatic amines is 2. The second-order valence-electron chi connectivity index (χ2n) is 5.19. The Morgan fingerprint density at radius 1 is 0.773 bits per heavy atom. The van der Waals surface area contributed by atoms with Crippen LogP contribution in [0.4, 0.5) is 0 Å². The van der Waals surface area contributed by atoms with Crippen LogP contribution >= 0.6 is 0 Å². The van der Waals surface area contributed by atoms with E-state index in [1.54, 1.807) is 48.8 Å². The number of fused-ring (bicyclic) bond motifs is 2. The van der Waals surface area contributed by atoms with Crippen LogP contribution < -0.4 is 0 Å². The first-order chi connectivity index (χ1) is 10.6. The fourth-order valence-electron chi connectivity index (χ4n) is 2.74. The van der Waals surface area contributed by atoms with Crippen LogP contribution in [0.3, 0.4) is 0 Å². The van der Waals surface area contributed by atoms with Crippen LogP contribution in [0.5, 0.6) is 11.5 Å². The van der Waals surface area contributed by atoms with E-state index in [1.165, 1.54) is 0 Å². The number of aromatic hydroxyl groups is 2. The SMILES string of the molecule is O=C(c1c[nH]c2ccc(O)cc12)c1c[nH]c2ccc(O)cc12. The summed E-state index contributed by atoms with van der Waals surface area (Å²) in [6.07, 6.45) is 3.27. The number of rotatable bonds is 2. The lowest BCUT2D eigenvalue weighted by Crippen LogP contribution is -1.99. The van der Waals surface area contributed by atoms with Gasteiger partial charge in [0.05, 0.1) is 0 Å². The third-order valence-corrected chi connectivity index (χ3v) is 3.82. The molecular weight excluding hydrogens is 280 g/mol. The number of hydrogen-bond acceptors (Lipinski definition) is 3. The quantitative estimate of drug-likeness (QED) is 0.427. The lowest BCUT2D eigenvalue weighted by molar-refractivity contribution is 0.104. The van der Waals surface area contributed by atoms with Gasteiger partial charge in [-0.05, 0) is 36.4 Å². The van der Waals surface area contributed by atoms with Gasteiger partial charge in [-0.3, -0.25) is 4.79 Å². The lowest BCUT2D eigenvalue weighted by Gasteiger charge is -2.00. The number of nitrogens with one attached hydrogen (secondary N) is 2. The van der Waals surface area contributed by atoms with E-state index >= 15 is 0 Å². The maximum absolute atomic E-state index is 12.8. The number of ketones is 1. The predicted octanol–water partition coefficient (Wildman–Crippen LogP) is 3.29. The predicted molar refractivity (Wildman–Crippen MR) is 83.4 cm³/mol. The van der Waals surface area contributed by atoms with Crippen molar-refractivity contribution in [2.24, 2.45) is 0 Å². The van der Waals surface area contributed by atoms with Crippen molar-refractivity contribution in [2.45, 2.75) is 0 Å². The van der Waals surface area contributed by atoms with Gasteiger partial charge in [0.25, 0.3) is 0 Å². The van der Waals surface area contributed by atoms with Gasteiger partial charge in [0, 0.05) is 45.3 Å². The highest BCUT2D eigenvalue weighted by Crippen LogP contribution is 2.29. The monoisotopic (exact) mass is 292 g/mol. The Morgan fingerprint density at radius 2 is 1.23 bits per heavy atom. The summed E-state index contributed by atoms with van der Waals surface area (Å²) >= 11 is 0. The molecule has 0 saturated carbocycles. The molecule has 0 amide bonds. The highest BCUT2D eigenvalue weighted by atomic mass is 16.3. The Morgan fingerprint density at radius 3 is 1.68 bits per heavy atom. The van der Waals surface area contributed by atoms with E-state index in [1.807, 2.05) is 0 Å². The van der Waals surface area contributed by atoms with Crippen LogP contribution in [0.1, 0.15) is 15.9 Å². The summed E-state index contributed by atoms with van der Waals surface area (Å²) in [4.78, 5) is 18.9. The van der Waals surface area contributed by atoms with Gasteiger partial charge in [0.2, 0.25) is 0 Å². The summed E-state index contributed by atoms with van der Waals surface area (Å²) in [7, 11) is 0. The Hall–Kier alpha value is -3.21. The van der Waals surface area contributed by atoms with Gasteiger partial charge in [-0.25, -0.2) is 0 Å². The van der Waals surface area contributed by atoms with Gasteiger partial charge < -0.3 is 20.2 Å². The topological polar surface area (TPSA) is 89.1 Å². The molecule has 0 bridgehead atoms. The minimum atomic E-state index is -0.172. The molecule has 0 aliphatic rings. The Kier molecular flexibility index (Phi) is 2.50. The highest BCUT2D eigenvalue weighted by molar-refractivity contribution is 6.21. The van der Waals surface area contributed by atoms with E-state index in [2.05, 4.69) is 9.97 Å². The molecule has 0 aliphatic carbocycles. The van der Waals surface area contributed by atoms with E-state index in [0.717, 1.165) is 11.0 Å². The van der Waals surface area contributed by atoms with Gasteiger partial charge >= 0.3 is 0 Å². The molecule has 4 N–H and O–H groups in total. The minimum Gasteiger partial charge on any atom is -0.508 e. The molecule has 2 aromatic heterocycles. The Balaban J connectivity index is 1.92. The fourth-order valence-corrected chi connectivity index (χ4v) is 2.74. The van der Waals surface area contributed by atoms with Crippen LogP contribution in [-0.2, 0) is 0 Å². The molecule has 0 fully saturated rings. The van der Waals surface area contributed by atoms with Gasteiger partial charge in [-0.15, -0.1) is 0 Å². The van der Waals surface area contributed by atoms with Crippen LogP contribution in [0.15, 0.2) is 48.8 Å². The molecule has 0 atom stereocenters. The fraction of sp³-hybridized carbons (Fsp3) is 0. The molecule has 4 rings (SSSR count). The number of carbonyl (C=O) groups is 1. The number of phenols is 2. The zero-order chi connectivity index (χ0) is 15.3. The van der Waals surface area contributed by atoms with E-state index in [0.29, 0.717) is 21.9 Å². The summed E-state index contributed by atoms with van der Waals surface area (Å²) in [5.74, 6) is 0.0455. The standard InChI is InChI=1S/C17H12N2O3/c20-9-1-3-15-11(5-9)13(7-18-15)17(22)14-8-19-16-4-2-10(21)6-12(14)16/h1-8,18-21H. The van der Waals surface area contributed by atoms with E-state index in [-0.39, 0.29) is 17.3 Å². The van der Waals surface area contributed by atoms with Crippen molar-refractivity contribution < 1.29 is 15.0 Å². The molecule has 22 heavy (non-hydrogen) atoms. The second kappa shape index (κ2) is 4.39. The summed E-state index contributed by atoms with van der Waals surface area (Å²) in [5.41, 5.74) is 2.53. The molecule has 0 unspecified atom stereocenters. The third-order valence-electron chi connectivity index (χ3n) is 3.82. The van der Waals surface area contributed by atoms with Crippen molar-refractivity contribution in [3.05, 3.63) is 59.9 Å². The molecule has 108 valence electrons. The van der Waals surface area contributed by atoms with Crippen molar-refractivity contribution in [2.75, 3.05) is 0 Å². The highest BCUT2D eigenvalue weighted by Gasteiger charge is 2.18. The van der Waals surface area contributed by atoms with Crippen molar-refractivity contribution in [1.29, 1.82) is 0 Å². The van der Waals surface area contributed by atoms with Crippen molar-refractivity contribution in [3.8, 4) is 11.5 Å². The summed E-state index contributed by atoms with van der Waals surface area (Å²) in [5, 5.41) is 20.6. The molecule has 0 aliphatic heterocycles. The number of hydrogen-bond donors (Lipinski definition) is 4.